The summed E-state index contributed by atoms with van der Waals surface area (Å²) in [7, 11) is 1.61. The molecule has 5 heteroatoms. The number of methoxy groups -OCH3 is 1. The van der Waals surface area contributed by atoms with Gasteiger partial charge in [0.15, 0.2) is 0 Å². The van der Waals surface area contributed by atoms with E-state index in [1.54, 1.807) is 32.4 Å². The third-order valence-corrected chi connectivity index (χ3v) is 3.17. The molecule has 0 aliphatic rings. The van der Waals surface area contributed by atoms with Gasteiger partial charge in [-0.05, 0) is 30.7 Å². The lowest BCUT2D eigenvalue weighted by molar-refractivity contribution is -0.121. The smallest absolute Gasteiger partial charge is 0.253 e. The Morgan fingerprint density at radius 2 is 1.95 bits per heavy atom. The number of nitrogens with one attached hydrogen (secondary N) is 1. The number of hydrogen-bond acceptors (Lipinski definition) is 3. The number of pyridine rings is 1. The second-order valence-electron chi connectivity index (χ2n) is 4.75. The SMILES string of the molecule is COc1ccc(CNC(=O)Cn2cccc(C)c2=O)cc1. The van der Waals surface area contributed by atoms with Crippen LogP contribution in [0.2, 0.25) is 0 Å². The van der Waals surface area contributed by atoms with E-state index in [4.69, 9.17) is 4.74 Å². The fraction of sp³-hybridized carbons (Fsp3) is 0.250. The van der Waals surface area contributed by atoms with Crippen LogP contribution >= 0.6 is 0 Å². The van der Waals surface area contributed by atoms with E-state index < -0.39 is 0 Å². The van der Waals surface area contributed by atoms with Crippen LogP contribution in [0.1, 0.15) is 11.1 Å². The number of rotatable bonds is 5. The van der Waals surface area contributed by atoms with Crippen LogP contribution in [0.5, 0.6) is 5.75 Å². The summed E-state index contributed by atoms with van der Waals surface area (Å²) in [6.45, 7) is 2.17. The van der Waals surface area contributed by atoms with E-state index in [1.165, 1.54) is 4.57 Å². The van der Waals surface area contributed by atoms with E-state index in [2.05, 4.69) is 5.32 Å². The van der Waals surface area contributed by atoms with Gasteiger partial charge >= 0.3 is 0 Å². The van der Waals surface area contributed by atoms with Gasteiger partial charge in [0.25, 0.3) is 5.56 Å². The summed E-state index contributed by atoms with van der Waals surface area (Å²) >= 11 is 0. The molecule has 2 aromatic rings. The summed E-state index contributed by atoms with van der Waals surface area (Å²) < 4.78 is 6.47. The summed E-state index contributed by atoms with van der Waals surface area (Å²) in [6.07, 6.45) is 1.61. The minimum Gasteiger partial charge on any atom is -0.497 e. The van der Waals surface area contributed by atoms with Crippen LogP contribution < -0.4 is 15.6 Å². The van der Waals surface area contributed by atoms with Gasteiger partial charge in [0, 0.05) is 18.3 Å². The molecule has 0 saturated heterocycles. The van der Waals surface area contributed by atoms with Gasteiger partial charge in [-0.1, -0.05) is 18.2 Å². The van der Waals surface area contributed by atoms with Crippen molar-refractivity contribution in [1.82, 2.24) is 9.88 Å². The molecule has 0 bridgehead atoms. The monoisotopic (exact) mass is 286 g/mol. The molecule has 0 atom stereocenters. The minimum atomic E-state index is -0.196. The number of aryl methyl sites for hydroxylation is 1. The molecule has 0 radical (unpaired) electrons. The van der Waals surface area contributed by atoms with Crippen molar-refractivity contribution in [3.63, 3.8) is 0 Å². The van der Waals surface area contributed by atoms with Crippen LogP contribution in [-0.4, -0.2) is 17.6 Å². The van der Waals surface area contributed by atoms with Gasteiger partial charge in [-0.3, -0.25) is 9.59 Å². The lowest BCUT2D eigenvalue weighted by Gasteiger charge is -2.08. The highest BCUT2D eigenvalue weighted by molar-refractivity contribution is 5.75. The third kappa shape index (κ3) is 3.95. The van der Waals surface area contributed by atoms with Crippen LogP contribution in [-0.2, 0) is 17.9 Å². The third-order valence-electron chi connectivity index (χ3n) is 3.17. The molecule has 0 aliphatic heterocycles. The zero-order chi connectivity index (χ0) is 15.2. The largest absolute Gasteiger partial charge is 0.497 e. The first-order valence-corrected chi connectivity index (χ1v) is 6.66. The van der Waals surface area contributed by atoms with Crippen LogP contribution in [0.4, 0.5) is 0 Å². The van der Waals surface area contributed by atoms with Crippen LogP contribution in [0.25, 0.3) is 0 Å². The summed E-state index contributed by atoms with van der Waals surface area (Å²) in [6, 6.07) is 10.9. The maximum Gasteiger partial charge on any atom is 0.253 e. The van der Waals surface area contributed by atoms with Crippen LogP contribution in [0, 0.1) is 6.92 Å². The van der Waals surface area contributed by atoms with Crippen LogP contribution in [0.3, 0.4) is 0 Å². The molecule has 1 aromatic heterocycles. The first kappa shape index (κ1) is 14.8. The standard InChI is InChI=1S/C16H18N2O3/c1-12-4-3-9-18(16(12)20)11-15(19)17-10-13-5-7-14(21-2)8-6-13/h3-9H,10-11H2,1-2H3,(H,17,19). The number of carbonyl (C=O) groups excluding carboxylic acids is 1. The van der Waals surface area contributed by atoms with Gasteiger partial charge in [0.1, 0.15) is 12.3 Å². The van der Waals surface area contributed by atoms with E-state index in [9.17, 15) is 9.59 Å². The van der Waals surface area contributed by atoms with Gasteiger partial charge in [-0.15, -0.1) is 0 Å². The van der Waals surface area contributed by atoms with Crippen LogP contribution in [0.15, 0.2) is 47.4 Å². The molecule has 2 rings (SSSR count). The Balaban J connectivity index is 1.92. The van der Waals surface area contributed by atoms with Crippen molar-refractivity contribution in [1.29, 1.82) is 0 Å². The molecule has 110 valence electrons. The van der Waals surface area contributed by atoms with Crippen molar-refractivity contribution in [2.75, 3.05) is 7.11 Å². The van der Waals surface area contributed by atoms with E-state index in [1.807, 2.05) is 24.3 Å². The van der Waals surface area contributed by atoms with Gasteiger partial charge in [0.2, 0.25) is 5.91 Å². The predicted molar refractivity (Wildman–Crippen MR) is 80.3 cm³/mol. The number of benzene rings is 1. The lowest BCUT2D eigenvalue weighted by atomic mass is 10.2. The molecule has 1 amide bonds. The maximum atomic E-state index is 11.9. The fourth-order valence-electron chi connectivity index (χ4n) is 1.94. The van der Waals surface area contributed by atoms with Crippen molar-refractivity contribution >= 4 is 5.91 Å². The van der Waals surface area contributed by atoms with Crippen molar-refractivity contribution in [3.8, 4) is 5.75 Å². The zero-order valence-electron chi connectivity index (χ0n) is 12.1. The molecule has 0 fully saturated rings. The predicted octanol–water partition coefficient (Wildman–Crippen LogP) is 1.48. The van der Waals surface area contributed by atoms with E-state index in [0.29, 0.717) is 12.1 Å². The molecule has 0 spiro atoms. The van der Waals surface area contributed by atoms with E-state index >= 15 is 0 Å². The molecule has 21 heavy (non-hydrogen) atoms. The lowest BCUT2D eigenvalue weighted by Crippen LogP contribution is -2.32. The molecule has 5 nitrogen and oxygen atoms in total. The number of amides is 1. The Morgan fingerprint density at radius 1 is 1.24 bits per heavy atom. The average molecular weight is 286 g/mol. The highest BCUT2D eigenvalue weighted by Gasteiger charge is 2.05. The second-order valence-corrected chi connectivity index (χ2v) is 4.75. The highest BCUT2D eigenvalue weighted by atomic mass is 16.5. The highest BCUT2D eigenvalue weighted by Crippen LogP contribution is 2.10. The van der Waals surface area contributed by atoms with Crippen molar-refractivity contribution in [2.45, 2.75) is 20.0 Å². The number of hydrogen-bond donors (Lipinski definition) is 1. The number of ether oxygens (including phenoxy) is 1. The van der Waals surface area contributed by atoms with E-state index in [0.717, 1.165) is 11.3 Å². The van der Waals surface area contributed by atoms with E-state index in [-0.39, 0.29) is 18.0 Å². The Bertz CT molecular complexity index is 675. The summed E-state index contributed by atoms with van der Waals surface area (Å²) in [5.41, 5.74) is 1.46. The molecule has 0 saturated carbocycles. The molecule has 0 aliphatic carbocycles. The van der Waals surface area contributed by atoms with Gasteiger partial charge in [0.05, 0.1) is 7.11 Å². The maximum absolute atomic E-state index is 11.9. The van der Waals surface area contributed by atoms with Crippen molar-refractivity contribution < 1.29 is 9.53 Å². The number of carbonyl (C=O) groups is 1. The average Bonchev–Trinajstić information content (AvgIpc) is 2.50. The molecule has 1 aromatic carbocycles. The zero-order valence-corrected chi connectivity index (χ0v) is 12.1. The Hall–Kier alpha value is -2.56. The first-order valence-electron chi connectivity index (χ1n) is 6.66. The fourth-order valence-corrected chi connectivity index (χ4v) is 1.94. The normalized spacial score (nSPS) is 10.2. The van der Waals surface area contributed by atoms with Gasteiger partial charge in [-0.25, -0.2) is 0 Å². The van der Waals surface area contributed by atoms with Gasteiger partial charge < -0.3 is 14.6 Å². The summed E-state index contributed by atoms with van der Waals surface area (Å²) in [5, 5.41) is 2.79. The van der Waals surface area contributed by atoms with Crippen molar-refractivity contribution in [2.24, 2.45) is 0 Å². The molecule has 1 heterocycles. The Kier molecular flexibility index (Phi) is 4.77. The second kappa shape index (κ2) is 6.74. The molecule has 0 unspecified atom stereocenters. The van der Waals surface area contributed by atoms with Crippen molar-refractivity contribution in [3.05, 3.63) is 64.1 Å². The van der Waals surface area contributed by atoms with Gasteiger partial charge in [-0.2, -0.15) is 0 Å². The Labute approximate surface area is 123 Å². The molecule has 1 N–H and O–H groups in total. The summed E-state index contributed by atoms with van der Waals surface area (Å²) in [4.78, 5) is 23.7. The Morgan fingerprint density at radius 3 is 2.62 bits per heavy atom. The summed E-state index contributed by atoms with van der Waals surface area (Å²) in [5.74, 6) is 0.579. The quantitative estimate of drug-likeness (QED) is 0.905. The minimum absolute atomic E-state index is 0.0245. The number of nitrogens with zero attached hydrogens (tertiary/aromatic N) is 1. The first-order chi connectivity index (χ1) is 10.1. The molecular formula is C16H18N2O3. The molecular weight excluding hydrogens is 268 g/mol. The topological polar surface area (TPSA) is 60.3 Å². The number of aromatic nitrogens is 1.